The second-order valence-corrected chi connectivity index (χ2v) is 5.59. The maximum atomic E-state index is 12.0. The number of carbonyl (C=O) groups is 2. The van der Waals surface area contributed by atoms with E-state index in [0.29, 0.717) is 29.3 Å². The van der Waals surface area contributed by atoms with Gasteiger partial charge in [0.15, 0.2) is 0 Å². The van der Waals surface area contributed by atoms with Crippen LogP contribution in [0.1, 0.15) is 21.7 Å². The number of aryl methyl sites for hydroxylation is 1. The summed E-state index contributed by atoms with van der Waals surface area (Å²) in [6.45, 7) is 2.53. The predicted molar refractivity (Wildman–Crippen MR) is 74.7 cm³/mol. The molecule has 18 heavy (non-hydrogen) atoms. The molecule has 1 amide bonds. The molecule has 0 spiro atoms. The van der Waals surface area contributed by atoms with Gasteiger partial charge in [0.2, 0.25) is 5.91 Å². The molecule has 0 bridgehead atoms. The summed E-state index contributed by atoms with van der Waals surface area (Å²) >= 11 is 5.56. The minimum atomic E-state index is -0.384. The van der Waals surface area contributed by atoms with E-state index in [2.05, 4.69) is 12.6 Å². The lowest BCUT2D eigenvalue weighted by molar-refractivity contribution is -0.117. The van der Waals surface area contributed by atoms with Crippen LogP contribution in [0.4, 0.5) is 5.69 Å². The summed E-state index contributed by atoms with van der Waals surface area (Å²) in [5.74, 6) is 0.607. The van der Waals surface area contributed by atoms with E-state index in [1.54, 1.807) is 4.90 Å². The van der Waals surface area contributed by atoms with Crippen LogP contribution < -0.4 is 4.90 Å². The van der Waals surface area contributed by atoms with E-state index in [1.165, 1.54) is 18.4 Å². The Morgan fingerprint density at radius 2 is 2.39 bits per heavy atom. The zero-order valence-corrected chi connectivity index (χ0v) is 12.0. The number of thiophene rings is 1. The van der Waals surface area contributed by atoms with Crippen LogP contribution in [0, 0.1) is 12.8 Å². The number of anilines is 1. The fraction of sp³-hybridized carbons (Fsp3) is 0.500. The number of amides is 1. The summed E-state index contributed by atoms with van der Waals surface area (Å²) in [4.78, 5) is 25.9. The zero-order valence-electron chi connectivity index (χ0n) is 10.3. The van der Waals surface area contributed by atoms with Crippen LogP contribution in [-0.4, -0.2) is 31.3 Å². The van der Waals surface area contributed by atoms with Gasteiger partial charge in [0.05, 0.1) is 12.8 Å². The van der Waals surface area contributed by atoms with Gasteiger partial charge in [-0.25, -0.2) is 4.79 Å². The number of hydrogen-bond acceptors (Lipinski definition) is 5. The summed E-state index contributed by atoms with van der Waals surface area (Å²) in [6, 6.07) is 0. The average Bonchev–Trinajstić information content (AvgIpc) is 2.91. The Kier molecular flexibility index (Phi) is 3.97. The fourth-order valence-corrected chi connectivity index (χ4v) is 3.34. The van der Waals surface area contributed by atoms with E-state index in [1.807, 2.05) is 12.3 Å². The molecule has 0 N–H and O–H groups in total. The van der Waals surface area contributed by atoms with Crippen molar-refractivity contribution in [2.45, 2.75) is 13.3 Å². The number of esters is 1. The Labute approximate surface area is 115 Å². The summed E-state index contributed by atoms with van der Waals surface area (Å²) in [5.41, 5.74) is 1.65. The SMILES string of the molecule is COC(=O)c1scc(C)c1N1CC(CS)CC1=O. The van der Waals surface area contributed by atoms with Crippen molar-refractivity contribution in [3.63, 3.8) is 0 Å². The van der Waals surface area contributed by atoms with E-state index < -0.39 is 0 Å². The number of thiol groups is 1. The molecule has 2 heterocycles. The molecule has 1 atom stereocenters. The summed E-state index contributed by atoms with van der Waals surface area (Å²) < 4.78 is 4.76. The number of nitrogens with zero attached hydrogens (tertiary/aromatic N) is 1. The molecule has 1 aliphatic heterocycles. The van der Waals surface area contributed by atoms with Gasteiger partial charge in [-0.3, -0.25) is 4.79 Å². The van der Waals surface area contributed by atoms with Crippen molar-refractivity contribution in [3.8, 4) is 0 Å². The van der Waals surface area contributed by atoms with Gasteiger partial charge < -0.3 is 9.64 Å². The van der Waals surface area contributed by atoms with Gasteiger partial charge >= 0.3 is 5.97 Å². The lowest BCUT2D eigenvalue weighted by atomic mass is 10.1. The van der Waals surface area contributed by atoms with Crippen LogP contribution in [0.15, 0.2) is 5.38 Å². The van der Waals surface area contributed by atoms with E-state index in [0.717, 1.165) is 5.56 Å². The highest BCUT2D eigenvalue weighted by molar-refractivity contribution is 7.80. The largest absolute Gasteiger partial charge is 0.465 e. The average molecular weight is 285 g/mol. The minimum absolute atomic E-state index is 0.0562. The maximum absolute atomic E-state index is 12.0. The summed E-state index contributed by atoms with van der Waals surface area (Å²) in [7, 11) is 1.35. The molecule has 1 aromatic heterocycles. The Morgan fingerprint density at radius 1 is 1.67 bits per heavy atom. The number of hydrogen-bond donors (Lipinski definition) is 1. The molecular weight excluding hydrogens is 270 g/mol. The van der Waals surface area contributed by atoms with Gasteiger partial charge in [0, 0.05) is 13.0 Å². The number of methoxy groups -OCH3 is 1. The molecule has 98 valence electrons. The molecular formula is C12H15NO3S2. The summed E-state index contributed by atoms with van der Waals surface area (Å²) in [5, 5.41) is 1.88. The van der Waals surface area contributed by atoms with Crippen LogP contribution in [0.3, 0.4) is 0 Å². The first kappa shape index (κ1) is 13.4. The van der Waals surface area contributed by atoms with E-state index in [-0.39, 0.29) is 17.8 Å². The van der Waals surface area contributed by atoms with E-state index >= 15 is 0 Å². The van der Waals surface area contributed by atoms with Gasteiger partial charge in [0.25, 0.3) is 0 Å². The first-order valence-electron chi connectivity index (χ1n) is 5.66. The number of ether oxygens (including phenoxy) is 1. The molecule has 1 saturated heterocycles. The highest BCUT2D eigenvalue weighted by atomic mass is 32.1. The number of rotatable bonds is 3. The standard InChI is InChI=1S/C12H15NO3S2/c1-7-6-18-11(12(15)16-2)10(7)13-4-8(5-17)3-9(13)14/h6,8,17H,3-5H2,1-2H3. The van der Waals surface area contributed by atoms with Crippen molar-refractivity contribution < 1.29 is 14.3 Å². The first-order chi connectivity index (χ1) is 8.58. The lowest BCUT2D eigenvalue weighted by Crippen LogP contribution is -2.26. The predicted octanol–water partition coefficient (Wildman–Crippen LogP) is 2.13. The second kappa shape index (κ2) is 5.32. The van der Waals surface area contributed by atoms with Crippen LogP contribution in [0.2, 0.25) is 0 Å². The number of carbonyl (C=O) groups excluding carboxylic acids is 2. The smallest absolute Gasteiger partial charge is 0.350 e. The normalized spacial score (nSPS) is 19.4. The van der Waals surface area contributed by atoms with E-state index in [4.69, 9.17) is 4.74 Å². The van der Waals surface area contributed by atoms with Crippen molar-refractivity contribution in [2.24, 2.45) is 5.92 Å². The monoisotopic (exact) mass is 285 g/mol. The minimum Gasteiger partial charge on any atom is -0.465 e. The second-order valence-electron chi connectivity index (χ2n) is 4.35. The van der Waals surface area contributed by atoms with Gasteiger partial charge in [0.1, 0.15) is 4.88 Å². The van der Waals surface area contributed by atoms with Crippen LogP contribution in [0.5, 0.6) is 0 Å². The highest BCUT2D eigenvalue weighted by Crippen LogP contribution is 2.35. The molecule has 1 aliphatic rings. The lowest BCUT2D eigenvalue weighted by Gasteiger charge is -2.18. The fourth-order valence-electron chi connectivity index (χ4n) is 2.13. The van der Waals surface area contributed by atoms with Crippen molar-refractivity contribution in [3.05, 3.63) is 15.8 Å². The van der Waals surface area contributed by atoms with Gasteiger partial charge in [-0.1, -0.05) is 0 Å². The van der Waals surface area contributed by atoms with Crippen LogP contribution in [0.25, 0.3) is 0 Å². The summed E-state index contributed by atoms with van der Waals surface area (Å²) in [6.07, 6.45) is 0.499. The van der Waals surface area contributed by atoms with Crippen molar-refractivity contribution >= 4 is 41.5 Å². The topological polar surface area (TPSA) is 46.6 Å². The van der Waals surface area contributed by atoms with Gasteiger partial charge in [-0.05, 0) is 29.5 Å². The molecule has 0 aromatic carbocycles. The van der Waals surface area contributed by atoms with Crippen LogP contribution in [-0.2, 0) is 9.53 Å². The third kappa shape index (κ3) is 2.27. The Balaban J connectivity index is 2.36. The molecule has 6 heteroatoms. The molecule has 0 saturated carbocycles. The van der Waals surface area contributed by atoms with Crippen molar-refractivity contribution in [1.29, 1.82) is 0 Å². The third-order valence-corrected chi connectivity index (χ3v) is 4.63. The molecule has 1 unspecified atom stereocenters. The van der Waals surface area contributed by atoms with Crippen molar-refractivity contribution in [1.82, 2.24) is 0 Å². The van der Waals surface area contributed by atoms with Gasteiger partial charge in [-0.15, -0.1) is 11.3 Å². The molecule has 1 aromatic rings. The molecule has 1 fully saturated rings. The Morgan fingerprint density at radius 3 is 2.94 bits per heavy atom. The highest BCUT2D eigenvalue weighted by Gasteiger charge is 2.33. The van der Waals surface area contributed by atoms with Crippen molar-refractivity contribution in [2.75, 3.05) is 24.3 Å². The quantitative estimate of drug-likeness (QED) is 0.683. The van der Waals surface area contributed by atoms with Crippen LogP contribution >= 0.6 is 24.0 Å². The Hall–Kier alpha value is -1.01. The van der Waals surface area contributed by atoms with Gasteiger partial charge in [-0.2, -0.15) is 12.6 Å². The maximum Gasteiger partial charge on any atom is 0.350 e. The first-order valence-corrected chi connectivity index (χ1v) is 7.17. The molecule has 4 nitrogen and oxygen atoms in total. The van der Waals surface area contributed by atoms with E-state index in [9.17, 15) is 9.59 Å². The molecule has 0 aliphatic carbocycles. The third-order valence-electron chi connectivity index (χ3n) is 3.05. The zero-order chi connectivity index (χ0) is 13.3. The Bertz CT molecular complexity index is 484. The molecule has 2 rings (SSSR count). The molecule has 0 radical (unpaired) electrons.